The fourth-order valence-electron chi connectivity index (χ4n) is 18.9. The highest BCUT2D eigenvalue weighted by Gasteiger charge is 2.48. The van der Waals surface area contributed by atoms with Crippen molar-refractivity contribution in [1.82, 2.24) is 44.9 Å². The second-order valence-corrected chi connectivity index (χ2v) is 40.1. The number of alkyl halides is 1. The minimum absolute atomic E-state index is 0.0185. The Morgan fingerprint density at radius 2 is 0.729 bits per heavy atom. The molecule has 5 saturated heterocycles. The number of benzene rings is 5. The second kappa shape index (κ2) is 49.4. The minimum atomic E-state index is -3.41. The number of carbonyl (C=O) groups excluding carboxylic acids is 4. The Morgan fingerprint density at radius 3 is 1.05 bits per heavy atom. The van der Waals surface area contributed by atoms with Crippen LogP contribution in [0.3, 0.4) is 0 Å². The summed E-state index contributed by atoms with van der Waals surface area (Å²) in [6.07, 6.45) is 16.3. The Hall–Kier alpha value is -10.8. The monoisotopic (exact) mass is 1960 g/mol. The lowest BCUT2D eigenvalue weighted by molar-refractivity contribution is 0.0970. The van der Waals surface area contributed by atoms with Crippen molar-refractivity contribution in [2.45, 2.75) is 121 Å². The molecule has 4 aromatic heterocycles. The fraction of sp³-hybridized carbons (Fsp3) is 0.443. The number of fused-ring (bicyclic) bond motifs is 5. The highest BCUT2D eigenvalue weighted by Crippen LogP contribution is 2.45. The first-order valence-corrected chi connectivity index (χ1v) is 50.0. The van der Waals surface area contributed by atoms with Crippen molar-refractivity contribution in [1.29, 1.82) is 0 Å². The SMILES string of the molecule is CS(=O)(=O)Cl.CS(=O)(=O)OC1C[C@@H]2CN(C(=O)OCc3ccccc3)C[C@@H]2C1.Fc1ncccc1OC1C[C@H]2CNC[C@H]2C1.O=C(CBr)c1ccc(O)cc1.O=C(OCc1ccccc1)N1C[C@H]2CC(O)C[C@H]2C1.O=C(OCc1ccccc1)N1C[C@H]2CC(Oc3cccnc3F)C[C@H]2C1.Oc1ccc(CCN2C[C@H]3CC(Oc4cccnc4F)C[C@H]3C2)cc1.Oc1cccnc1F. The van der Waals surface area contributed by atoms with Crippen molar-refractivity contribution in [3.63, 3.8) is 0 Å². The topological polar surface area (TPSA) is 359 Å². The number of hydrogen-bond donors (Lipinski definition) is 5. The number of halogens is 6. The smallest absolute Gasteiger partial charge is 0.410 e. The molecule has 36 heteroatoms. The van der Waals surface area contributed by atoms with Crippen LogP contribution in [0, 0.1) is 83.0 Å². The molecule has 5 aliphatic heterocycles. The number of phenols is 2. The number of aliphatic hydroxyl groups is 1. The van der Waals surface area contributed by atoms with Crippen molar-refractivity contribution < 1.29 is 107 Å². The molecule has 10 fully saturated rings. The average molecular weight is 1960 g/mol. The Morgan fingerprint density at radius 1 is 0.414 bits per heavy atom. The molecule has 0 spiro atoms. The van der Waals surface area contributed by atoms with Gasteiger partial charge in [0.1, 0.15) is 31.3 Å². The van der Waals surface area contributed by atoms with E-state index in [1.165, 1.54) is 54.6 Å². The number of nitrogens with zero attached hydrogens (tertiary/aromatic N) is 8. The Balaban J connectivity index is 0.000000142. The van der Waals surface area contributed by atoms with Gasteiger partial charge in [0.2, 0.25) is 9.05 Å². The van der Waals surface area contributed by atoms with E-state index in [0.717, 1.165) is 133 Å². The van der Waals surface area contributed by atoms with E-state index in [1.54, 1.807) is 75.4 Å². The Labute approximate surface area is 785 Å². The lowest BCUT2D eigenvalue weighted by atomic mass is 10.0. The van der Waals surface area contributed by atoms with E-state index in [1.807, 2.05) is 103 Å². The number of pyridine rings is 4. The van der Waals surface area contributed by atoms with Gasteiger partial charge in [0.25, 0.3) is 33.9 Å². The molecule has 10 aliphatic rings. The summed E-state index contributed by atoms with van der Waals surface area (Å²) in [6, 6.07) is 55.2. The zero-order valence-electron chi connectivity index (χ0n) is 73.8. The quantitative estimate of drug-likeness (QED) is 0.00954. The molecular weight excluding hydrogens is 1850 g/mol. The molecule has 0 bridgehead atoms. The molecule has 5 N–H and O–H groups in total. The molecule has 5 unspecified atom stereocenters. The largest absolute Gasteiger partial charge is 0.508 e. The first kappa shape index (κ1) is 101. The van der Waals surface area contributed by atoms with Gasteiger partial charge in [-0.1, -0.05) is 119 Å². The van der Waals surface area contributed by atoms with E-state index in [4.69, 9.17) is 42.8 Å². The number of phenolic OH excluding ortho intramolecular Hbond substituents is 2. The van der Waals surface area contributed by atoms with Crippen LogP contribution in [0.1, 0.15) is 96.8 Å². The molecule has 133 heavy (non-hydrogen) atoms. The van der Waals surface area contributed by atoms with Gasteiger partial charge in [0, 0.05) is 99.9 Å². The summed E-state index contributed by atoms with van der Waals surface area (Å²) >= 11 is 3.06. The van der Waals surface area contributed by atoms with Gasteiger partial charge in [-0.15, -0.1) is 0 Å². The van der Waals surface area contributed by atoms with Crippen molar-refractivity contribution in [3.05, 3.63) is 264 Å². The van der Waals surface area contributed by atoms with Gasteiger partial charge in [-0.3, -0.25) is 8.98 Å². The third-order valence-corrected chi connectivity index (χ3v) is 26.1. The molecule has 9 aromatic rings. The van der Waals surface area contributed by atoms with E-state index in [0.29, 0.717) is 127 Å². The van der Waals surface area contributed by atoms with Crippen LogP contribution >= 0.6 is 26.6 Å². The van der Waals surface area contributed by atoms with Crippen molar-refractivity contribution in [2.24, 2.45) is 59.2 Å². The summed E-state index contributed by atoms with van der Waals surface area (Å²) in [5, 5.41) is 40.0. The van der Waals surface area contributed by atoms with Crippen LogP contribution in [-0.4, -0.2) is 221 Å². The molecular formula is C97H113BrClF4N9O19S2. The predicted octanol–water partition coefficient (Wildman–Crippen LogP) is 15.6. The number of likely N-dealkylation sites (tertiary alicyclic amines) is 4. The number of nitrogens with one attached hydrogen (secondary N) is 1. The maximum atomic E-state index is 13.6. The standard InChI is InChI=1S/C20H21FN2O3.C20H23FN2O2.C16H21NO5S.C15H19NO3.C12H15FN2O.C8H7BrO2.C5H4FNO.CH3ClO2S/c21-19-18(7-4-8-22-19)26-17-9-15-11-23(12-16(15)10-17)20(24)25-13-14-5-2-1-3-6-14;21-20-19(2-1-8-22-20)25-18-10-15-12-23(13-16(15)11-18)9-7-14-3-5-17(24)6-4-14;1-23(19,20)22-15-7-13-9-17(10-14(13)8-15)16(18)21-11-12-5-3-2-4-6-12;17-14-6-12-8-16(9-13(12)7-14)15(18)19-10-11-4-2-1-3-5-11;13-12-11(2-1-3-15-12)16-10-4-8-6-14-7-9(8)5-10;9-5-8(11)6-1-3-7(10)4-2-6;6-5-4(8)2-1-3-7-5;1-5(2,3)4/h1-8,15-17H,9-13H2;1-6,8,15-16,18,24H,7,9-13H2;2-6,13-15H,7-11H2,1H3;1-5,12-14,17H,6-10H2;1-3,8-10,14H,4-7H2;1-4,10H,5H2;1-3,8H;1H3/t15-,16+,17?;15-,16+,18?;13-,14+,15?;12-,13+,14?;8-,9+,10?;;;. The third-order valence-electron chi connectivity index (χ3n) is 25.0. The van der Waals surface area contributed by atoms with Crippen molar-refractivity contribution >= 4 is 69.8 Å². The van der Waals surface area contributed by atoms with Crippen LogP contribution in [0.15, 0.2) is 213 Å². The molecule has 5 saturated carbocycles. The summed E-state index contributed by atoms with van der Waals surface area (Å²) in [5.41, 5.74) is 4.81. The molecule has 28 nitrogen and oxygen atoms in total. The summed E-state index contributed by atoms with van der Waals surface area (Å²) < 4.78 is 132. The van der Waals surface area contributed by atoms with E-state index in [9.17, 15) is 63.8 Å². The number of rotatable bonds is 19. The number of Topliss-reactive ketones (excluding diaryl/α,β-unsaturated/α-hetero) is 1. The highest BCUT2D eigenvalue weighted by atomic mass is 79.9. The van der Waals surface area contributed by atoms with Crippen LogP contribution < -0.4 is 19.5 Å². The van der Waals surface area contributed by atoms with Gasteiger partial charge in [-0.05, 0) is 250 Å². The van der Waals surface area contributed by atoms with Gasteiger partial charge < -0.3 is 73.8 Å². The minimum Gasteiger partial charge on any atom is -0.508 e. The molecule has 5 aliphatic carbocycles. The van der Waals surface area contributed by atoms with Gasteiger partial charge in [-0.25, -0.2) is 42.7 Å². The van der Waals surface area contributed by atoms with Gasteiger partial charge in [-0.2, -0.15) is 26.0 Å². The normalized spacial score (nSPS) is 24.2. The zero-order valence-corrected chi connectivity index (χ0v) is 77.8. The van der Waals surface area contributed by atoms with Crippen LogP contribution in [0.2, 0.25) is 0 Å². The number of hydrogen-bond acceptors (Lipinski definition) is 25. The fourth-order valence-corrected chi connectivity index (χ4v) is 19.8. The number of aliphatic hydroxyl groups excluding tert-OH is 1. The van der Waals surface area contributed by atoms with E-state index >= 15 is 0 Å². The molecule has 5 aromatic carbocycles. The number of ether oxygens (including phenoxy) is 6. The highest BCUT2D eigenvalue weighted by molar-refractivity contribution is 9.09. The lowest BCUT2D eigenvalue weighted by Gasteiger charge is -2.20. The van der Waals surface area contributed by atoms with Gasteiger partial charge >= 0.3 is 18.3 Å². The summed E-state index contributed by atoms with van der Waals surface area (Å²) in [5.74, 6) is 3.43. The maximum absolute atomic E-state index is 13.6. The molecule has 15 atom stereocenters. The first-order chi connectivity index (χ1) is 63.8. The first-order valence-electron chi connectivity index (χ1n) is 44.4. The van der Waals surface area contributed by atoms with Gasteiger partial charge in [0.15, 0.2) is 28.8 Å². The van der Waals surface area contributed by atoms with Crippen molar-refractivity contribution in [3.8, 4) is 34.5 Å². The Kier molecular flexibility index (Phi) is 37.6. The van der Waals surface area contributed by atoms with E-state index in [-0.39, 0.29) is 85.0 Å². The van der Waals surface area contributed by atoms with Crippen molar-refractivity contribution in [2.75, 3.05) is 89.8 Å². The van der Waals surface area contributed by atoms with Crippen LogP contribution in [-0.2, 0) is 63.8 Å². The van der Waals surface area contributed by atoms with Crippen LogP contribution in [0.5, 0.6) is 34.5 Å². The summed E-state index contributed by atoms with van der Waals surface area (Å²) in [6.45, 7) is 10.3. The van der Waals surface area contributed by atoms with Crippen LogP contribution in [0.25, 0.3) is 0 Å². The predicted molar refractivity (Wildman–Crippen MR) is 491 cm³/mol. The number of carbonyl (C=O) groups is 4. The number of aromatic hydroxyl groups is 3. The third kappa shape index (κ3) is 32.5. The second-order valence-electron chi connectivity index (χ2n) is 34.9. The van der Waals surface area contributed by atoms with Crippen LogP contribution in [0.4, 0.5) is 31.9 Å². The number of aromatic nitrogens is 4. The molecule has 3 amide bonds. The number of amides is 3. The van der Waals surface area contributed by atoms with E-state index < -0.39 is 48.7 Å². The Bertz CT molecular complexity index is 5350. The average Bonchev–Trinajstić information content (AvgIpc) is 1.65. The summed E-state index contributed by atoms with van der Waals surface area (Å²) in [7, 11) is -2.10. The zero-order chi connectivity index (χ0) is 94.6. The summed E-state index contributed by atoms with van der Waals surface area (Å²) in [4.78, 5) is 69.2. The molecule has 0 radical (unpaired) electrons. The number of ketones is 1. The van der Waals surface area contributed by atoms with Gasteiger partial charge in [0.05, 0.1) is 48.4 Å². The molecule has 19 rings (SSSR count). The lowest BCUT2D eigenvalue weighted by Crippen LogP contribution is -2.31. The van der Waals surface area contributed by atoms with E-state index in [2.05, 4.69) is 56.8 Å². The maximum Gasteiger partial charge on any atom is 0.410 e. The molecule has 714 valence electrons. The molecule has 9 heterocycles.